The predicted molar refractivity (Wildman–Crippen MR) is 144 cm³/mol. The number of aliphatic hydroxyl groups is 1. The van der Waals surface area contributed by atoms with Crippen LogP contribution in [0, 0.1) is 0 Å². The number of esters is 1. The number of aliphatic hydroxyl groups excluding tert-OH is 1. The standard InChI is InChI=1S/C30H31NO4S/c1-21(2)24-16-9-10-17-26(24)36-28-25(32)20-30(35-29(28)34,22-12-5-3-6-13-22)19-11-18-27(33)31-23-14-7-4-8-15-23/h3-10,12-17,21,32H,11,18-20H2,1-2H3,(H,31,33). The van der Waals surface area contributed by atoms with Gasteiger partial charge in [-0.15, -0.1) is 0 Å². The van der Waals surface area contributed by atoms with Crippen molar-refractivity contribution in [3.8, 4) is 0 Å². The van der Waals surface area contributed by atoms with Crippen LogP contribution in [0.4, 0.5) is 5.69 Å². The second-order valence-corrected chi connectivity index (χ2v) is 10.3. The molecule has 0 spiro atoms. The van der Waals surface area contributed by atoms with Gasteiger partial charge in [0, 0.05) is 17.0 Å². The van der Waals surface area contributed by atoms with Crippen LogP contribution in [-0.2, 0) is 19.9 Å². The summed E-state index contributed by atoms with van der Waals surface area (Å²) in [4.78, 5) is 26.9. The first kappa shape index (κ1) is 25.6. The van der Waals surface area contributed by atoms with E-state index in [0.717, 1.165) is 21.7 Å². The fourth-order valence-electron chi connectivity index (χ4n) is 4.46. The lowest BCUT2D eigenvalue weighted by atomic mass is 9.83. The van der Waals surface area contributed by atoms with Crippen LogP contribution in [0.15, 0.2) is 100 Å². The number of hydrogen-bond acceptors (Lipinski definition) is 5. The van der Waals surface area contributed by atoms with Gasteiger partial charge >= 0.3 is 5.97 Å². The number of ether oxygens (including phenoxy) is 1. The Morgan fingerprint density at radius 3 is 2.31 bits per heavy atom. The van der Waals surface area contributed by atoms with Gasteiger partial charge in [0.25, 0.3) is 0 Å². The molecule has 0 bridgehead atoms. The summed E-state index contributed by atoms with van der Waals surface area (Å²) in [6, 6.07) is 26.7. The summed E-state index contributed by atoms with van der Waals surface area (Å²) in [5.41, 5.74) is 1.63. The molecule has 1 aliphatic rings. The number of anilines is 1. The lowest BCUT2D eigenvalue weighted by Gasteiger charge is -2.37. The maximum atomic E-state index is 13.3. The van der Waals surface area contributed by atoms with Crippen LogP contribution in [0.25, 0.3) is 0 Å². The van der Waals surface area contributed by atoms with Gasteiger partial charge in [0.2, 0.25) is 5.91 Å². The predicted octanol–water partition coefficient (Wildman–Crippen LogP) is 7.32. The third-order valence-electron chi connectivity index (χ3n) is 6.28. The van der Waals surface area contributed by atoms with E-state index < -0.39 is 11.6 Å². The zero-order valence-corrected chi connectivity index (χ0v) is 21.4. The number of nitrogens with one attached hydrogen (secondary N) is 1. The van der Waals surface area contributed by atoms with E-state index in [1.54, 1.807) is 0 Å². The van der Waals surface area contributed by atoms with Gasteiger partial charge in [-0.05, 0) is 48.1 Å². The summed E-state index contributed by atoms with van der Waals surface area (Å²) in [7, 11) is 0. The van der Waals surface area contributed by atoms with Crippen LogP contribution in [0.3, 0.4) is 0 Å². The van der Waals surface area contributed by atoms with E-state index in [1.165, 1.54) is 11.8 Å². The van der Waals surface area contributed by atoms with Crippen molar-refractivity contribution in [3.63, 3.8) is 0 Å². The van der Waals surface area contributed by atoms with Gasteiger partial charge in [0.05, 0.1) is 6.42 Å². The number of benzene rings is 3. The quantitative estimate of drug-likeness (QED) is 0.300. The molecule has 0 saturated carbocycles. The SMILES string of the molecule is CC(C)c1ccccc1SC1=C(O)CC(CCCC(=O)Nc2ccccc2)(c2ccccc2)OC1=O. The topological polar surface area (TPSA) is 75.6 Å². The molecule has 2 N–H and O–H groups in total. The minimum Gasteiger partial charge on any atom is -0.511 e. The molecule has 1 unspecified atom stereocenters. The highest BCUT2D eigenvalue weighted by Crippen LogP contribution is 2.46. The minimum absolute atomic E-state index is 0.0207. The normalized spacial score (nSPS) is 17.7. The van der Waals surface area contributed by atoms with Crippen LogP contribution in [0.5, 0.6) is 0 Å². The number of carbonyl (C=O) groups excluding carboxylic acids is 2. The van der Waals surface area contributed by atoms with Gasteiger partial charge in [-0.1, -0.05) is 92.3 Å². The van der Waals surface area contributed by atoms with Crippen molar-refractivity contribution < 1.29 is 19.4 Å². The second-order valence-electron chi connectivity index (χ2n) is 9.26. The van der Waals surface area contributed by atoms with Crippen LogP contribution >= 0.6 is 11.8 Å². The molecule has 186 valence electrons. The van der Waals surface area contributed by atoms with E-state index >= 15 is 0 Å². The number of amides is 1. The number of hydrogen-bond donors (Lipinski definition) is 2. The lowest BCUT2D eigenvalue weighted by Crippen LogP contribution is -2.37. The van der Waals surface area contributed by atoms with Gasteiger partial charge in [0.1, 0.15) is 16.3 Å². The van der Waals surface area contributed by atoms with Gasteiger partial charge in [-0.3, -0.25) is 4.79 Å². The molecule has 1 atom stereocenters. The molecule has 36 heavy (non-hydrogen) atoms. The molecule has 0 fully saturated rings. The number of cyclic esters (lactones) is 1. The third-order valence-corrected chi connectivity index (χ3v) is 7.48. The zero-order chi connectivity index (χ0) is 25.5. The highest BCUT2D eigenvalue weighted by atomic mass is 32.2. The van der Waals surface area contributed by atoms with Gasteiger partial charge in [-0.2, -0.15) is 0 Å². The molecule has 3 aromatic rings. The zero-order valence-electron chi connectivity index (χ0n) is 20.6. The first-order valence-corrected chi connectivity index (χ1v) is 13.0. The monoisotopic (exact) mass is 501 g/mol. The van der Waals surface area contributed by atoms with Gasteiger partial charge in [-0.25, -0.2) is 4.79 Å². The number of rotatable bonds is 9. The number of carbonyl (C=O) groups is 2. The Hall–Kier alpha value is -3.51. The Balaban J connectivity index is 1.53. The van der Waals surface area contributed by atoms with Crippen molar-refractivity contribution in [2.45, 2.75) is 55.9 Å². The van der Waals surface area contributed by atoms with E-state index in [-0.39, 0.29) is 35.3 Å². The molecule has 1 amide bonds. The molecule has 0 saturated heterocycles. The van der Waals surface area contributed by atoms with E-state index in [4.69, 9.17) is 4.74 Å². The highest BCUT2D eigenvalue weighted by molar-refractivity contribution is 8.04. The van der Waals surface area contributed by atoms with E-state index in [2.05, 4.69) is 19.2 Å². The molecule has 5 nitrogen and oxygen atoms in total. The van der Waals surface area contributed by atoms with Crippen LogP contribution in [0.1, 0.15) is 56.6 Å². The summed E-state index contributed by atoms with van der Waals surface area (Å²) in [5.74, 6) is -0.346. The average Bonchev–Trinajstić information content (AvgIpc) is 2.87. The van der Waals surface area contributed by atoms with E-state index in [1.807, 2.05) is 84.9 Å². The molecule has 1 heterocycles. The Morgan fingerprint density at radius 2 is 1.64 bits per heavy atom. The summed E-state index contributed by atoms with van der Waals surface area (Å²) < 4.78 is 6.11. The summed E-state index contributed by atoms with van der Waals surface area (Å²) in [6.07, 6.45) is 1.34. The Labute approximate surface area is 216 Å². The van der Waals surface area contributed by atoms with Crippen LogP contribution in [0.2, 0.25) is 0 Å². The first-order chi connectivity index (χ1) is 17.4. The van der Waals surface area contributed by atoms with E-state index in [0.29, 0.717) is 12.8 Å². The molecule has 0 aromatic heterocycles. The Bertz CT molecular complexity index is 1240. The highest BCUT2D eigenvalue weighted by Gasteiger charge is 2.43. The summed E-state index contributed by atoms with van der Waals surface area (Å²) in [5, 5.41) is 14.0. The molecule has 6 heteroatoms. The van der Waals surface area contributed by atoms with Gasteiger partial charge in [0.15, 0.2) is 0 Å². The molecule has 0 radical (unpaired) electrons. The van der Waals surface area contributed by atoms with Crippen LogP contribution < -0.4 is 5.32 Å². The fourth-order valence-corrected chi connectivity index (χ4v) is 5.56. The average molecular weight is 502 g/mol. The lowest BCUT2D eigenvalue weighted by molar-refractivity contribution is -0.160. The smallest absolute Gasteiger partial charge is 0.349 e. The summed E-state index contributed by atoms with van der Waals surface area (Å²) in [6.45, 7) is 4.20. The van der Waals surface area contributed by atoms with Crippen molar-refractivity contribution in [1.29, 1.82) is 0 Å². The van der Waals surface area contributed by atoms with E-state index in [9.17, 15) is 14.7 Å². The molecule has 3 aromatic carbocycles. The maximum Gasteiger partial charge on any atom is 0.349 e. The number of para-hydroxylation sites is 1. The Morgan fingerprint density at radius 1 is 1.00 bits per heavy atom. The van der Waals surface area contributed by atoms with Crippen LogP contribution in [-0.4, -0.2) is 17.0 Å². The molecule has 0 aliphatic carbocycles. The van der Waals surface area contributed by atoms with Crippen molar-refractivity contribution in [2.24, 2.45) is 0 Å². The third kappa shape index (κ3) is 6.00. The molecule has 4 rings (SSSR count). The summed E-state index contributed by atoms with van der Waals surface area (Å²) >= 11 is 1.25. The van der Waals surface area contributed by atoms with Gasteiger partial charge < -0.3 is 15.2 Å². The maximum absolute atomic E-state index is 13.3. The van der Waals surface area contributed by atoms with Crippen molar-refractivity contribution in [3.05, 3.63) is 107 Å². The second kappa shape index (κ2) is 11.5. The van der Waals surface area contributed by atoms with Crippen molar-refractivity contribution in [1.82, 2.24) is 0 Å². The molecule has 1 aliphatic heterocycles. The minimum atomic E-state index is -1.03. The largest absolute Gasteiger partial charge is 0.511 e. The van der Waals surface area contributed by atoms with Crippen molar-refractivity contribution in [2.75, 3.05) is 5.32 Å². The first-order valence-electron chi connectivity index (χ1n) is 12.2. The molecular weight excluding hydrogens is 470 g/mol. The molecular formula is C30H31NO4S. The fraction of sp³-hybridized carbons (Fsp3) is 0.267. The number of thioether (sulfide) groups is 1. The Kier molecular flexibility index (Phi) is 8.16. The van der Waals surface area contributed by atoms with Crippen molar-refractivity contribution >= 4 is 29.3 Å².